The van der Waals surface area contributed by atoms with Gasteiger partial charge in [-0.2, -0.15) is 0 Å². The average Bonchev–Trinajstić information content (AvgIpc) is 3.20. The lowest BCUT2D eigenvalue weighted by Crippen LogP contribution is -2.06. The topological polar surface area (TPSA) is 100 Å². The fraction of sp³-hybridized carbons (Fsp3) is 0.120. The zero-order chi connectivity index (χ0) is 25.8. The zero-order valence-electron chi connectivity index (χ0n) is 18.7. The summed E-state index contributed by atoms with van der Waals surface area (Å²) in [5.41, 5.74) is 2.14. The molecule has 8 nitrogen and oxygen atoms in total. The Morgan fingerprint density at radius 1 is 1.11 bits per heavy atom. The van der Waals surface area contributed by atoms with Gasteiger partial charge in [0.25, 0.3) is 5.69 Å². The molecule has 0 aromatic heterocycles. The summed E-state index contributed by atoms with van der Waals surface area (Å²) in [4.78, 5) is 27.3. The number of esters is 1. The Hall–Kier alpha value is -2.71. The molecule has 3 aromatic carbocycles. The normalized spacial score (nSPS) is 13.9. The number of cyclic esters (lactones) is 1. The highest BCUT2D eigenvalue weighted by Crippen LogP contribution is 2.36. The third-order valence-corrected chi connectivity index (χ3v) is 6.75. The molecule has 0 bridgehead atoms. The quantitative estimate of drug-likeness (QED) is 0.0834. The Bertz CT molecular complexity index is 1410. The molecule has 0 N–H and O–H groups in total. The number of hydrogen-bond donors (Lipinski definition) is 0. The molecule has 0 saturated carbocycles. The number of halogens is 3. The first-order valence-corrected chi connectivity index (χ1v) is 13.1. The van der Waals surface area contributed by atoms with E-state index in [0.717, 1.165) is 12.7 Å². The average molecular weight is 731 g/mol. The number of non-ortho nitro benzene ring substituents is 1. The molecule has 36 heavy (non-hydrogen) atoms. The van der Waals surface area contributed by atoms with Crippen LogP contribution in [0.4, 0.5) is 5.69 Å². The Morgan fingerprint density at radius 2 is 1.86 bits per heavy atom. The number of aliphatic imine (C=N–C) groups is 1. The van der Waals surface area contributed by atoms with Crippen LogP contribution < -0.4 is 9.47 Å². The van der Waals surface area contributed by atoms with Crippen molar-refractivity contribution >= 4 is 80.4 Å². The van der Waals surface area contributed by atoms with E-state index < -0.39 is 10.9 Å². The van der Waals surface area contributed by atoms with E-state index in [1.54, 1.807) is 36.4 Å². The summed E-state index contributed by atoms with van der Waals surface area (Å²) in [6, 6.07) is 15.1. The van der Waals surface area contributed by atoms with Crippen LogP contribution in [-0.4, -0.2) is 23.4 Å². The molecule has 1 aliphatic heterocycles. The zero-order valence-corrected chi connectivity index (χ0v) is 23.7. The number of nitro benzene ring substituents is 1. The lowest BCUT2D eigenvalue weighted by molar-refractivity contribution is -0.384. The third-order valence-electron chi connectivity index (χ3n) is 4.94. The minimum absolute atomic E-state index is 0.0150. The molecule has 184 valence electrons. The molecule has 0 atom stereocenters. The molecular formula is C25H17ClI2N2O6. The van der Waals surface area contributed by atoms with Gasteiger partial charge in [0.15, 0.2) is 17.2 Å². The summed E-state index contributed by atoms with van der Waals surface area (Å²) in [5.74, 6) is 0.597. The van der Waals surface area contributed by atoms with Gasteiger partial charge in [-0.1, -0.05) is 11.6 Å². The molecule has 1 aliphatic rings. The van der Waals surface area contributed by atoms with Crippen molar-refractivity contribution in [3.05, 3.63) is 99.3 Å². The van der Waals surface area contributed by atoms with Crippen molar-refractivity contribution in [1.29, 1.82) is 0 Å². The van der Waals surface area contributed by atoms with Gasteiger partial charge in [0, 0.05) is 15.7 Å². The lowest BCUT2D eigenvalue weighted by Gasteiger charge is -2.15. The minimum Gasteiger partial charge on any atom is -0.490 e. The van der Waals surface area contributed by atoms with Gasteiger partial charge < -0.3 is 14.2 Å². The van der Waals surface area contributed by atoms with Crippen molar-refractivity contribution in [3.8, 4) is 11.5 Å². The van der Waals surface area contributed by atoms with Gasteiger partial charge in [0.2, 0.25) is 5.90 Å². The number of nitrogens with zero attached hydrogens (tertiary/aromatic N) is 2. The molecule has 0 spiro atoms. The minimum atomic E-state index is -0.577. The van der Waals surface area contributed by atoms with E-state index in [0.29, 0.717) is 34.3 Å². The maximum atomic E-state index is 12.5. The molecule has 0 saturated heterocycles. The van der Waals surface area contributed by atoms with Crippen molar-refractivity contribution in [2.75, 3.05) is 6.61 Å². The summed E-state index contributed by atoms with van der Waals surface area (Å²) >= 11 is 10.5. The SMILES string of the molecule is CCOc1cc(/C=C2\N=C(c3cc(I)ccc3Cl)OC2=O)cc(I)c1OCc1ccc([N+](=O)[O-])cc1. The molecule has 0 aliphatic carbocycles. The monoisotopic (exact) mass is 730 g/mol. The van der Waals surface area contributed by atoms with Crippen molar-refractivity contribution in [1.82, 2.24) is 0 Å². The molecule has 0 fully saturated rings. The predicted octanol–water partition coefficient (Wildman–Crippen LogP) is 6.78. The molecule has 0 radical (unpaired) electrons. The van der Waals surface area contributed by atoms with Crippen LogP contribution in [0.3, 0.4) is 0 Å². The van der Waals surface area contributed by atoms with Crippen molar-refractivity contribution < 1.29 is 23.9 Å². The van der Waals surface area contributed by atoms with Gasteiger partial charge >= 0.3 is 5.97 Å². The number of rotatable bonds is 8. The number of benzene rings is 3. The number of carbonyl (C=O) groups is 1. The van der Waals surface area contributed by atoms with Crippen LogP contribution in [0.5, 0.6) is 11.5 Å². The Kier molecular flexibility index (Phi) is 8.46. The largest absolute Gasteiger partial charge is 0.490 e. The van der Waals surface area contributed by atoms with Gasteiger partial charge in [0.1, 0.15) is 6.61 Å². The molecule has 1 heterocycles. The highest BCUT2D eigenvalue weighted by Gasteiger charge is 2.26. The van der Waals surface area contributed by atoms with E-state index in [-0.39, 0.29) is 23.9 Å². The van der Waals surface area contributed by atoms with Gasteiger partial charge in [-0.05, 0) is 112 Å². The fourth-order valence-electron chi connectivity index (χ4n) is 3.29. The number of nitro groups is 1. The van der Waals surface area contributed by atoms with Crippen LogP contribution >= 0.6 is 56.8 Å². The second-order valence-corrected chi connectivity index (χ2v) is 10.3. The summed E-state index contributed by atoms with van der Waals surface area (Å²) in [5, 5.41) is 11.3. The predicted molar refractivity (Wildman–Crippen MR) is 153 cm³/mol. The highest BCUT2D eigenvalue weighted by atomic mass is 127. The van der Waals surface area contributed by atoms with Crippen LogP contribution in [0.25, 0.3) is 6.08 Å². The van der Waals surface area contributed by atoms with Crippen LogP contribution in [0.1, 0.15) is 23.6 Å². The number of carbonyl (C=O) groups excluding carboxylic acids is 1. The third kappa shape index (κ3) is 6.16. The lowest BCUT2D eigenvalue weighted by atomic mass is 10.1. The standard InChI is InChI=1S/C25H17ClI2N2O6/c1-2-34-22-11-15(9-20(28)23(22)35-13-14-3-6-17(7-4-14)30(32)33)10-21-25(31)36-24(29-21)18-12-16(27)5-8-19(18)26/h3-12H,2,13H2,1H3/b21-10-. The Labute approximate surface area is 238 Å². The summed E-state index contributed by atoms with van der Waals surface area (Å²) < 4.78 is 18.8. The Morgan fingerprint density at radius 3 is 2.56 bits per heavy atom. The van der Waals surface area contributed by atoms with E-state index in [1.165, 1.54) is 12.1 Å². The Balaban J connectivity index is 1.60. The first-order chi connectivity index (χ1) is 17.2. The van der Waals surface area contributed by atoms with Gasteiger partial charge in [-0.15, -0.1) is 0 Å². The molecule has 3 aromatic rings. The van der Waals surface area contributed by atoms with E-state index in [2.05, 4.69) is 50.2 Å². The second-order valence-electron chi connectivity index (χ2n) is 7.44. The van der Waals surface area contributed by atoms with E-state index in [1.807, 2.05) is 19.1 Å². The molecule has 11 heteroatoms. The van der Waals surface area contributed by atoms with E-state index >= 15 is 0 Å². The maximum absolute atomic E-state index is 12.5. The second kappa shape index (κ2) is 11.6. The molecule has 0 unspecified atom stereocenters. The first kappa shape index (κ1) is 26.4. The van der Waals surface area contributed by atoms with Crippen molar-refractivity contribution in [3.63, 3.8) is 0 Å². The highest BCUT2D eigenvalue weighted by molar-refractivity contribution is 14.1. The smallest absolute Gasteiger partial charge is 0.363 e. The number of hydrogen-bond acceptors (Lipinski definition) is 7. The van der Waals surface area contributed by atoms with E-state index in [9.17, 15) is 14.9 Å². The van der Waals surface area contributed by atoms with Crippen molar-refractivity contribution in [2.45, 2.75) is 13.5 Å². The van der Waals surface area contributed by atoms with Gasteiger partial charge in [-0.25, -0.2) is 9.79 Å². The summed E-state index contributed by atoms with van der Waals surface area (Å²) in [7, 11) is 0. The number of ether oxygens (including phenoxy) is 3. The van der Waals surface area contributed by atoms with Crippen LogP contribution in [0.2, 0.25) is 5.02 Å². The van der Waals surface area contributed by atoms with Crippen molar-refractivity contribution in [2.24, 2.45) is 4.99 Å². The van der Waals surface area contributed by atoms with Crippen LogP contribution in [0, 0.1) is 17.3 Å². The molecular weight excluding hydrogens is 714 g/mol. The van der Waals surface area contributed by atoms with Crippen LogP contribution in [-0.2, 0) is 16.1 Å². The fourth-order valence-corrected chi connectivity index (χ4v) is 4.76. The van der Waals surface area contributed by atoms with Crippen LogP contribution in [0.15, 0.2) is 65.3 Å². The van der Waals surface area contributed by atoms with Gasteiger partial charge in [-0.3, -0.25) is 10.1 Å². The molecule has 0 amide bonds. The van der Waals surface area contributed by atoms with Gasteiger partial charge in [0.05, 0.1) is 25.7 Å². The summed E-state index contributed by atoms with van der Waals surface area (Å²) in [6.45, 7) is 2.46. The molecule has 4 rings (SSSR count). The maximum Gasteiger partial charge on any atom is 0.363 e. The first-order valence-electron chi connectivity index (χ1n) is 10.6. The summed E-state index contributed by atoms with van der Waals surface area (Å²) in [6.07, 6.45) is 1.61. The van der Waals surface area contributed by atoms with E-state index in [4.69, 9.17) is 25.8 Å².